The second-order valence-corrected chi connectivity index (χ2v) is 7.54. The highest BCUT2D eigenvalue weighted by Crippen LogP contribution is 2.29. The Bertz CT molecular complexity index is 701. The van der Waals surface area contributed by atoms with E-state index in [1.165, 1.54) is 24.8 Å². The van der Waals surface area contributed by atoms with Gasteiger partial charge in [0.2, 0.25) is 0 Å². The van der Waals surface area contributed by atoms with Crippen molar-refractivity contribution in [2.75, 3.05) is 0 Å². The van der Waals surface area contributed by atoms with Crippen molar-refractivity contribution in [3.63, 3.8) is 0 Å². The zero-order valence-electron chi connectivity index (χ0n) is 16.3. The molecule has 1 aromatic carbocycles. The van der Waals surface area contributed by atoms with Crippen LogP contribution in [0.15, 0.2) is 35.5 Å². The van der Waals surface area contributed by atoms with Crippen LogP contribution in [0, 0.1) is 0 Å². The largest absolute Gasteiger partial charge is 0.459 e. The lowest BCUT2D eigenvalue weighted by atomic mass is 9.94. The number of carbonyl (C=O) groups excluding carboxylic acids is 2. The lowest BCUT2D eigenvalue weighted by Gasteiger charge is -2.29. The molecule has 5 heteroatoms. The average Bonchev–Trinajstić information content (AvgIpc) is 2.63. The molecule has 2 amide bonds. The van der Waals surface area contributed by atoms with E-state index in [1.54, 1.807) is 6.92 Å². The first-order chi connectivity index (χ1) is 13.1. The van der Waals surface area contributed by atoms with Crippen LogP contribution in [-0.4, -0.2) is 18.1 Å². The number of rotatable bonds is 4. The summed E-state index contributed by atoms with van der Waals surface area (Å²) in [6.45, 7) is 3.87. The Morgan fingerprint density at radius 3 is 2.33 bits per heavy atom. The maximum absolute atomic E-state index is 13.0. The maximum Gasteiger partial charge on any atom is 0.338 e. The molecule has 146 valence electrons. The molecule has 0 saturated heterocycles. The summed E-state index contributed by atoms with van der Waals surface area (Å²) in [4.78, 5) is 25.0. The topological polar surface area (TPSA) is 67.4 Å². The van der Waals surface area contributed by atoms with Gasteiger partial charge in [-0.25, -0.2) is 9.59 Å². The lowest BCUT2D eigenvalue weighted by Crippen LogP contribution is -2.45. The van der Waals surface area contributed by atoms with Crippen molar-refractivity contribution in [1.29, 1.82) is 0 Å². The van der Waals surface area contributed by atoms with Crippen molar-refractivity contribution < 1.29 is 14.3 Å². The van der Waals surface area contributed by atoms with E-state index in [0.717, 1.165) is 37.7 Å². The van der Waals surface area contributed by atoms with Gasteiger partial charge in [-0.2, -0.15) is 0 Å². The molecule has 1 aliphatic heterocycles. The van der Waals surface area contributed by atoms with Gasteiger partial charge in [-0.05, 0) is 50.2 Å². The zero-order chi connectivity index (χ0) is 19.2. The van der Waals surface area contributed by atoms with E-state index in [1.807, 2.05) is 24.3 Å². The standard InChI is InChI=1S/C22H30N2O3/c1-3-16-11-13-17(14-12-16)20-19(15(2)23-22(26)24-20)21(25)27-18-9-7-5-4-6-8-10-18/h11-14,18,20H,3-10H2,1-2H3,(H2,23,24,26)/t20-/m0/s1. The third-order valence-electron chi connectivity index (χ3n) is 5.54. The van der Waals surface area contributed by atoms with Crippen molar-refractivity contribution in [3.8, 4) is 0 Å². The summed E-state index contributed by atoms with van der Waals surface area (Å²) in [6, 6.07) is 7.26. The smallest absolute Gasteiger partial charge is 0.338 e. The molecule has 0 bridgehead atoms. The Kier molecular flexibility index (Phi) is 6.54. The Hall–Kier alpha value is -2.30. The van der Waals surface area contributed by atoms with E-state index < -0.39 is 6.04 Å². The van der Waals surface area contributed by atoms with E-state index in [-0.39, 0.29) is 18.1 Å². The first-order valence-electron chi connectivity index (χ1n) is 10.2. The van der Waals surface area contributed by atoms with Crippen LogP contribution in [-0.2, 0) is 16.0 Å². The van der Waals surface area contributed by atoms with Gasteiger partial charge in [0.1, 0.15) is 6.10 Å². The number of amides is 2. The maximum atomic E-state index is 13.0. The predicted octanol–water partition coefficient (Wildman–Crippen LogP) is 4.53. The minimum absolute atomic E-state index is 0.0288. The van der Waals surface area contributed by atoms with Crippen LogP contribution in [0.1, 0.15) is 76.0 Å². The first-order valence-corrected chi connectivity index (χ1v) is 10.2. The van der Waals surface area contributed by atoms with E-state index in [4.69, 9.17) is 4.74 Å². The molecule has 0 aromatic heterocycles. The molecule has 0 spiro atoms. The van der Waals surface area contributed by atoms with Crippen molar-refractivity contribution in [2.45, 2.75) is 77.4 Å². The van der Waals surface area contributed by atoms with Crippen LogP contribution >= 0.6 is 0 Å². The van der Waals surface area contributed by atoms with Crippen LogP contribution in [0.2, 0.25) is 0 Å². The van der Waals surface area contributed by atoms with Crippen molar-refractivity contribution in [2.24, 2.45) is 0 Å². The van der Waals surface area contributed by atoms with Crippen LogP contribution < -0.4 is 10.6 Å². The lowest BCUT2D eigenvalue weighted by molar-refractivity contribution is -0.145. The minimum Gasteiger partial charge on any atom is -0.459 e. The molecular weight excluding hydrogens is 340 g/mol. The molecular formula is C22H30N2O3. The number of hydrogen-bond acceptors (Lipinski definition) is 3. The molecule has 2 aliphatic rings. The summed E-state index contributed by atoms with van der Waals surface area (Å²) >= 11 is 0. The molecule has 1 atom stereocenters. The summed E-state index contributed by atoms with van der Waals surface area (Å²) in [5, 5.41) is 5.60. The van der Waals surface area contributed by atoms with Gasteiger partial charge in [0.25, 0.3) is 0 Å². The number of nitrogens with one attached hydrogen (secondary N) is 2. The highest BCUT2D eigenvalue weighted by Gasteiger charge is 2.33. The summed E-state index contributed by atoms with van der Waals surface area (Å²) in [7, 11) is 0. The van der Waals surface area contributed by atoms with Crippen LogP contribution in [0.4, 0.5) is 4.79 Å². The number of benzene rings is 1. The molecule has 5 nitrogen and oxygen atoms in total. The predicted molar refractivity (Wildman–Crippen MR) is 105 cm³/mol. The van der Waals surface area contributed by atoms with Crippen LogP contribution in [0.5, 0.6) is 0 Å². The fourth-order valence-electron chi connectivity index (χ4n) is 3.91. The fourth-order valence-corrected chi connectivity index (χ4v) is 3.91. The van der Waals surface area contributed by atoms with Crippen LogP contribution in [0.3, 0.4) is 0 Å². The fraction of sp³-hybridized carbons (Fsp3) is 0.545. The first kappa shape index (κ1) is 19.5. The summed E-state index contributed by atoms with van der Waals surface area (Å²) in [6.07, 6.45) is 8.67. The molecule has 0 radical (unpaired) electrons. The highest BCUT2D eigenvalue weighted by atomic mass is 16.5. The summed E-state index contributed by atoms with van der Waals surface area (Å²) in [5.41, 5.74) is 3.18. The van der Waals surface area contributed by atoms with Crippen LogP contribution in [0.25, 0.3) is 0 Å². The van der Waals surface area contributed by atoms with E-state index in [0.29, 0.717) is 11.3 Å². The van der Waals surface area contributed by atoms with Gasteiger partial charge < -0.3 is 15.4 Å². The number of hydrogen-bond donors (Lipinski definition) is 2. The SMILES string of the molecule is CCc1ccc([C@@H]2NC(=O)NC(C)=C2C(=O)OC2CCCCCCC2)cc1. The molecule has 1 heterocycles. The van der Waals surface area contributed by atoms with Gasteiger partial charge in [0.05, 0.1) is 11.6 Å². The van der Waals surface area contributed by atoms with Gasteiger partial charge in [0.15, 0.2) is 0 Å². The number of ether oxygens (including phenoxy) is 1. The van der Waals surface area contributed by atoms with E-state index >= 15 is 0 Å². The number of aryl methyl sites for hydroxylation is 1. The van der Waals surface area contributed by atoms with Gasteiger partial charge in [-0.15, -0.1) is 0 Å². The normalized spacial score (nSPS) is 21.7. The quantitative estimate of drug-likeness (QED) is 0.765. The molecule has 27 heavy (non-hydrogen) atoms. The number of carbonyl (C=O) groups is 2. The number of esters is 1. The molecule has 1 saturated carbocycles. The van der Waals surface area contributed by atoms with E-state index in [9.17, 15) is 9.59 Å². The highest BCUT2D eigenvalue weighted by molar-refractivity contribution is 5.95. The van der Waals surface area contributed by atoms with Gasteiger partial charge >= 0.3 is 12.0 Å². The molecule has 3 rings (SSSR count). The second kappa shape index (κ2) is 9.07. The number of allylic oxidation sites excluding steroid dienone is 1. The Labute approximate surface area is 161 Å². The second-order valence-electron chi connectivity index (χ2n) is 7.54. The molecule has 1 fully saturated rings. The zero-order valence-corrected chi connectivity index (χ0v) is 16.3. The summed E-state index contributed by atoms with van der Waals surface area (Å²) in [5.74, 6) is -0.324. The minimum atomic E-state index is -0.481. The van der Waals surface area contributed by atoms with Gasteiger partial charge in [-0.1, -0.05) is 50.5 Å². The van der Waals surface area contributed by atoms with Crippen molar-refractivity contribution >= 4 is 12.0 Å². The third-order valence-corrected chi connectivity index (χ3v) is 5.54. The van der Waals surface area contributed by atoms with Crippen molar-refractivity contribution in [1.82, 2.24) is 10.6 Å². The Balaban J connectivity index is 1.80. The van der Waals surface area contributed by atoms with Crippen molar-refractivity contribution in [3.05, 3.63) is 46.7 Å². The molecule has 1 aliphatic carbocycles. The monoisotopic (exact) mass is 370 g/mol. The third kappa shape index (κ3) is 4.90. The van der Waals surface area contributed by atoms with Gasteiger partial charge in [-0.3, -0.25) is 0 Å². The Morgan fingerprint density at radius 1 is 1.07 bits per heavy atom. The molecule has 1 aromatic rings. The molecule has 0 unspecified atom stereocenters. The average molecular weight is 370 g/mol. The van der Waals surface area contributed by atoms with E-state index in [2.05, 4.69) is 17.6 Å². The number of urea groups is 1. The summed E-state index contributed by atoms with van der Waals surface area (Å²) < 4.78 is 5.88. The Morgan fingerprint density at radius 2 is 1.70 bits per heavy atom. The molecule has 2 N–H and O–H groups in total. The van der Waals surface area contributed by atoms with Gasteiger partial charge in [0, 0.05) is 5.70 Å².